The highest BCUT2D eigenvalue weighted by atomic mass is 19.1. The molecular formula is C19H26FN3O3. The lowest BCUT2D eigenvalue weighted by Crippen LogP contribution is -2.46. The third kappa shape index (κ3) is 3.98. The number of nitrogens with zero attached hydrogens (tertiary/aromatic N) is 1. The average Bonchev–Trinajstić information content (AvgIpc) is 2.94. The van der Waals surface area contributed by atoms with E-state index in [9.17, 15) is 14.0 Å². The third-order valence-corrected chi connectivity index (χ3v) is 5.25. The third-order valence-electron chi connectivity index (χ3n) is 5.25. The molecule has 142 valence electrons. The predicted molar refractivity (Wildman–Crippen MR) is 96.2 cm³/mol. The van der Waals surface area contributed by atoms with E-state index in [1.165, 1.54) is 12.1 Å². The summed E-state index contributed by atoms with van der Waals surface area (Å²) in [4.78, 5) is 27.1. The molecule has 26 heavy (non-hydrogen) atoms. The molecule has 0 radical (unpaired) electrons. The highest BCUT2D eigenvalue weighted by Gasteiger charge is 2.51. The Morgan fingerprint density at radius 3 is 2.69 bits per heavy atom. The number of halogens is 1. The maximum absolute atomic E-state index is 13.3. The summed E-state index contributed by atoms with van der Waals surface area (Å²) < 4.78 is 18.8. The van der Waals surface area contributed by atoms with Crippen molar-refractivity contribution in [3.8, 4) is 0 Å². The summed E-state index contributed by atoms with van der Waals surface area (Å²) in [6.45, 7) is 5.93. The zero-order valence-corrected chi connectivity index (χ0v) is 15.3. The van der Waals surface area contributed by atoms with Crippen molar-refractivity contribution in [1.29, 1.82) is 0 Å². The second-order valence-electron chi connectivity index (χ2n) is 7.51. The van der Waals surface area contributed by atoms with E-state index in [0.29, 0.717) is 32.0 Å². The first-order valence-corrected chi connectivity index (χ1v) is 9.09. The van der Waals surface area contributed by atoms with Crippen LogP contribution >= 0.6 is 0 Å². The van der Waals surface area contributed by atoms with Gasteiger partial charge in [0, 0.05) is 43.4 Å². The SMILES string of the molecule is CC(C)NC(=O)[C@@H]1CN(C(=O)Nc2cccc(F)c2)CC12CCOCC2. The smallest absolute Gasteiger partial charge is 0.321 e. The van der Waals surface area contributed by atoms with Gasteiger partial charge in [0.2, 0.25) is 5.91 Å². The van der Waals surface area contributed by atoms with Crippen LogP contribution in [0.25, 0.3) is 0 Å². The Hall–Kier alpha value is -2.15. The molecule has 1 aromatic carbocycles. The van der Waals surface area contributed by atoms with E-state index in [4.69, 9.17) is 4.74 Å². The van der Waals surface area contributed by atoms with Crippen LogP contribution in [0.1, 0.15) is 26.7 Å². The van der Waals surface area contributed by atoms with Crippen LogP contribution in [0.4, 0.5) is 14.9 Å². The first-order valence-electron chi connectivity index (χ1n) is 9.09. The number of rotatable bonds is 3. The van der Waals surface area contributed by atoms with Crippen LogP contribution in [-0.2, 0) is 9.53 Å². The van der Waals surface area contributed by atoms with Crippen molar-refractivity contribution in [2.75, 3.05) is 31.6 Å². The number of carbonyl (C=O) groups is 2. The van der Waals surface area contributed by atoms with Crippen molar-refractivity contribution in [3.05, 3.63) is 30.1 Å². The Kier molecular flexibility index (Phi) is 5.46. The van der Waals surface area contributed by atoms with Gasteiger partial charge in [-0.05, 0) is 44.9 Å². The summed E-state index contributed by atoms with van der Waals surface area (Å²) in [7, 11) is 0. The van der Waals surface area contributed by atoms with Crippen LogP contribution < -0.4 is 10.6 Å². The minimum atomic E-state index is -0.403. The summed E-state index contributed by atoms with van der Waals surface area (Å²) in [5.74, 6) is -0.672. The summed E-state index contributed by atoms with van der Waals surface area (Å²) >= 11 is 0. The van der Waals surface area contributed by atoms with Crippen LogP contribution in [0.5, 0.6) is 0 Å². The number of ether oxygens (including phenoxy) is 1. The van der Waals surface area contributed by atoms with Gasteiger partial charge in [0.25, 0.3) is 0 Å². The van der Waals surface area contributed by atoms with E-state index in [1.54, 1.807) is 17.0 Å². The molecule has 2 aliphatic rings. The minimum absolute atomic E-state index is 0.0112. The van der Waals surface area contributed by atoms with Gasteiger partial charge in [-0.2, -0.15) is 0 Å². The van der Waals surface area contributed by atoms with Crippen molar-refractivity contribution < 1.29 is 18.7 Å². The van der Waals surface area contributed by atoms with E-state index in [2.05, 4.69) is 10.6 Å². The molecule has 0 aromatic heterocycles. The number of hydrogen-bond acceptors (Lipinski definition) is 3. The molecule has 2 saturated heterocycles. The van der Waals surface area contributed by atoms with Crippen molar-refractivity contribution >= 4 is 17.6 Å². The summed E-state index contributed by atoms with van der Waals surface area (Å²) in [6, 6.07) is 5.55. The molecule has 7 heteroatoms. The zero-order valence-electron chi connectivity index (χ0n) is 15.3. The van der Waals surface area contributed by atoms with Gasteiger partial charge in [0.15, 0.2) is 0 Å². The molecule has 1 spiro atoms. The summed E-state index contributed by atoms with van der Waals surface area (Å²) in [6.07, 6.45) is 1.51. The number of nitrogens with one attached hydrogen (secondary N) is 2. The second-order valence-corrected chi connectivity index (χ2v) is 7.51. The van der Waals surface area contributed by atoms with Gasteiger partial charge >= 0.3 is 6.03 Å². The molecule has 2 aliphatic heterocycles. The fraction of sp³-hybridized carbons (Fsp3) is 0.579. The highest BCUT2D eigenvalue weighted by Crippen LogP contribution is 2.44. The van der Waals surface area contributed by atoms with E-state index < -0.39 is 5.82 Å². The van der Waals surface area contributed by atoms with Crippen LogP contribution in [0.3, 0.4) is 0 Å². The minimum Gasteiger partial charge on any atom is -0.381 e. The molecule has 1 aromatic rings. The van der Waals surface area contributed by atoms with E-state index >= 15 is 0 Å². The average molecular weight is 363 g/mol. The molecule has 0 aliphatic carbocycles. The largest absolute Gasteiger partial charge is 0.381 e. The number of anilines is 1. The summed E-state index contributed by atoms with van der Waals surface area (Å²) in [5.41, 5.74) is 0.155. The van der Waals surface area contributed by atoms with Gasteiger partial charge in [-0.25, -0.2) is 9.18 Å². The maximum atomic E-state index is 13.3. The van der Waals surface area contributed by atoms with E-state index in [-0.39, 0.29) is 29.3 Å². The number of urea groups is 1. The van der Waals surface area contributed by atoms with Crippen LogP contribution in [0, 0.1) is 17.2 Å². The summed E-state index contributed by atoms with van der Waals surface area (Å²) in [5, 5.41) is 5.72. The Morgan fingerprint density at radius 1 is 1.31 bits per heavy atom. The molecule has 1 atom stereocenters. The zero-order chi connectivity index (χ0) is 18.7. The van der Waals surface area contributed by atoms with Crippen molar-refractivity contribution in [3.63, 3.8) is 0 Å². The lowest BCUT2D eigenvalue weighted by atomic mass is 9.71. The van der Waals surface area contributed by atoms with Crippen LogP contribution in [0.15, 0.2) is 24.3 Å². The first-order chi connectivity index (χ1) is 12.4. The molecule has 0 bridgehead atoms. The van der Waals surface area contributed by atoms with Gasteiger partial charge in [-0.3, -0.25) is 4.79 Å². The fourth-order valence-electron chi connectivity index (χ4n) is 3.92. The van der Waals surface area contributed by atoms with Crippen LogP contribution in [0.2, 0.25) is 0 Å². The van der Waals surface area contributed by atoms with Gasteiger partial charge in [0.05, 0.1) is 5.92 Å². The lowest BCUT2D eigenvalue weighted by molar-refractivity contribution is -0.130. The predicted octanol–water partition coefficient (Wildman–Crippen LogP) is 2.61. The molecule has 2 N–H and O–H groups in total. The van der Waals surface area contributed by atoms with E-state index in [1.807, 2.05) is 13.8 Å². The van der Waals surface area contributed by atoms with Gasteiger partial charge < -0.3 is 20.3 Å². The first kappa shape index (κ1) is 18.6. The molecule has 6 nitrogen and oxygen atoms in total. The van der Waals surface area contributed by atoms with Crippen molar-refractivity contribution in [1.82, 2.24) is 10.2 Å². The number of likely N-dealkylation sites (tertiary alicyclic amines) is 1. The van der Waals surface area contributed by atoms with Gasteiger partial charge in [-0.1, -0.05) is 6.07 Å². The van der Waals surface area contributed by atoms with E-state index in [0.717, 1.165) is 12.8 Å². The Labute approximate surface area is 153 Å². The second kappa shape index (κ2) is 7.61. The number of benzene rings is 1. The monoisotopic (exact) mass is 363 g/mol. The number of amides is 3. The molecule has 0 saturated carbocycles. The molecular weight excluding hydrogens is 337 g/mol. The highest BCUT2D eigenvalue weighted by molar-refractivity contribution is 5.90. The molecule has 3 amide bonds. The molecule has 2 heterocycles. The van der Waals surface area contributed by atoms with Gasteiger partial charge in [-0.15, -0.1) is 0 Å². The molecule has 2 fully saturated rings. The van der Waals surface area contributed by atoms with Crippen molar-refractivity contribution in [2.24, 2.45) is 11.3 Å². The number of hydrogen-bond donors (Lipinski definition) is 2. The maximum Gasteiger partial charge on any atom is 0.321 e. The van der Waals surface area contributed by atoms with Crippen molar-refractivity contribution in [2.45, 2.75) is 32.7 Å². The Balaban J connectivity index is 1.74. The normalized spacial score (nSPS) is 21.8. The number of carbonyl (C=O) groups excluding carboxylic acids is 2. The molecule has 3 rings (SSSR count). The Morgan fingerprint density at radius 2 is 2.04 bits per heavy atom. The lowest BCUT2D eigenvalue weighted by Gasteiger charge is -2.37. The Bertz CT molecular complexity index is 674. The van der Waals surface area contributed by atoms with Crippen LogP contribution in [-0.4, -0.2) is 49.2 Å². The quantitative estimate of drug-likeness (QED) is 0.867. The fourth-order valence-corrected chi connectivity index (χ4v) is 3.92. The molecule has 0 unspecified atom stereocenters. The standard InChI is InChI=1S/C19H26FN3O3/c1-13(2)21-17(24)16-11-23(12-19(16)6-8-26-9-7-19)18(25)22-15-5-3-4-14(20)10-15/h3-5,10,13,16H,6-9,11-12H2,1-2H3,(H,21,24)(H,22,25)/t16-/m0/s1. The topological polar surface area (TPSA) is 70.7 Å². The van der Waals surface area contributed by atoms with Gasteiger partial charge in [0.1, 0.15) is 5.82 Å².